The van der Waals surface area contributed by atoms with Crippen LogP contribution in [0.15, 0.2) is 0 Å². The molecule has 2 rings (SSSR count). The van der Waals surface area contributed by atoms with Crippen molar-refractivity contribution in [2.45, 2.75) is 45.4 Å². The Bertz CT molecular complexity index is 425. The van der Waals surface area contributed by atoms with E-state index in [-0.39, 0.29) is 0 Å². The minimum atomic E-state index is 0.398. The summed E-state index contributed by atoms with van der Waals surface area (Å²) in [5, 5.41) is 5.21. The third-order valence-electron chi connectivity index (χ3n) is 3.57. The van der Waals surface area contributed by atoms with E-state index in [1.807, 2.05) is 11.7 Å². The second-order valence-corrected chi connectivity index (χ2v) is 5.27. The summed E-state index contributed by atoms with van der Waals surface area (Å²) in [5.74, 6) is 0.851. The second-order valence-electron chi connectivity index (χ2n) is 4.89. The van der Waals surface area contributed by atoms with Gasteiger partial charge in [0, 0.05) is 19.9 Å². The van der Waals surface area contributed by atoms with Crippen molar-refractivity contribution in [3.63, 3.8) is 0 Å². The lowest BCUT2D eigenvalue weighted by Crippen LogP contribution is -2.18. The van der Waals surface area contributed by atoms with E-state index in [9.17, 15) is 4.79 Å². The first-order chi connectivity index (χ1) is 8.11. The van der Waals surface area contributed by atoms with Crippen molar-refractivity contribution in [1.29, 1.82) is 0 Å². The highest BCUT2D eigenvalue weighted by molar-refractivity contribution is 6.31. The lowest BCUT2D eigenvalue weighted by atomic mass is 9.85. The lowest BCUT2D eigenvalue weighted by Gasteiger charge is -2.20. The first-order valence-corrected chi connectivity index (χ1v) is 6.71. The summed E-state index contributed by atoms with van der Waals surface area (Å²) < 4.78 is 1.88. The zero-order valence-corrected chi connectivity index (χ0v) is 11.3. The number of Topliss-reactive ketones (excluding diaryl/α,β-unsaturated/α-hetero) is 1. The molecule has 0 bridgehead atoms. The van der Waals surface area contributed by atoms with Crippen LogP contribution >= 0.6 is 11.6 Å². The van der Waals surface area contributed by atoms with Crippen LogP contribution in [0.2, 0.25) is 5.02 Å². The molecule has 17 heavy (non-hydrogen) atoms. The molecule has 0 radical (unpaired) electrons. The Hall–Kier alpha value is -0.830. The maximum Gasteiger partial charge on any atom is 0.133 e. The van der Waals surface area contributed by atoms with Crippen molar-refractivity contribution in [2.24, 2.45) is 13.0 Å². The fourth-order valence-electron chi connectivity index (χ4n) is 2.60. The van der Waals surface area contributed by atoms with Gasteiger partial charge in [-0.15, -0.1) is 0 Å². The molecule has 1 atom stereocenters. The third kappa shape index (κ3) is 2.71. The van der Waals surface area contributed by atoms with Gasteiger partial charge in [-0.3, -0.25) is 9.48 Å². The Morgan fingerprint density at radius 2 is 2.29 bits per heavy atom. The predicted molar refractivity (Wildman–Crippen MR) is 68.3 cm³/mol. The minimum Gasteiger partial charge on any atom is -0.300 e. The number of aromatic nitrogens is 2. The van der Waals surface area contributed by atoms with Crippen LogP contribution in [0.25, 0.3) is 0 Å². The highest BCUT2D eigenvalue weighted by Gasteiger charge is 2.23. The minimum absolute atomic E-state index is 0.398. The van der Waals surface area contributed by atoms with Gasteiger partial charge in [0.2, 0.25) is 0 Å². The number of carbonyl (C=O) groups excluding carboxylic acids is 1. The summed E-state index contributed by atoms with van der Waals surface area (Å²) in [4.78, 5) is 11.4. The topological polar surface area (TPSA) is 34.9 Å². The van der Waals surface area contributed by atoms with Gasteiger partial charge < -0.3 is 0 Å². The van der Waals surface area contributed by atoms with E-state index in [0.717, 1.165) is 48.5 Å². The summed E-state index contributed by atoms with van der Waals surface area (Å²) in [7, 11) is 1.94. The third-order valence-corrected chi connectivity index (χ3v) is 4.01. The van der Waals surface area contributed by atoms with E-state index in [0.29, 0.717) is 18.1 Å². The van der Waals surface area contributed by atoms with Crippen LogP contribution in [0.5, 0.6) is 0 Å². The molecule has 1 aliphatic carbocycles. The number of rotatable bonds is 3. The Balaban J connectivity index is 2.12. The molecule has 1 aliphatic rings. The van der Waals surface area contributed by atoms with Crippen molar-refractivity contribution in [2.75, 3.05) is 0 Å². The highest BCUT2D eigenvalue weighted by Crippen LogP contribution is 2.29. The summed E-state index contributed by atoms with van der Waals surface area (Å²) in [6.45, 7) is 2.06. The molecule has 1 unspecified atom stereocenters. The number of halogens is 1. The summed E-state index contributed by atoms with van der Waals surface area (Å²) in [5.41, 5.74) is 2.05. The van der Waals surface area contributed by atoms with Gasteiger partial charge in [0.25, 0.3) is 0 Å². The Labute approximate surface area is 107 Å². The van der Waals surface area contributed by atoms with Gasteiger partial charge in [0.05, 0.1) is 16.4 Å². The van der Waals surface area contributed by atoms with Crippen LogP contribution in [-0.2, 0) is 24.7 Å². The molecular weight excluding hydrogens is 236 g/mol. The molecule has 0 aromatic carbocycles. The largest absolute Gasteiger partial charge is 0.300 e. The van der Waals surface area contributed by atoms with E-state index in [1.54, 1.807) is 0 Å². The molecule has 94 valence electrons. The maximum atomic E-state index is 11.4. The van der Waals surface area contributed by atoms with Gasteiger partial charge in [0.15, 0.2) is 0 Å². The van der Waals surface area contributed by atoms with Crippen LogP contribution in [-0.4, -0.2) is 15.6 Å². The van der Waals surface area contributed by atoms with Crippen molar-refractivity contribution >= 4 is 17.4 Å². The highest BCUT2D eigenvalue weighted by atomic mass is 35.5. The number of ketones is 1. The van der Waals surface area contributed by atoms with Gasteiger partial charge in [-0.1, -0.05) is 18.5 Å². The predicted octanol–water partition coefficient (Wildman–Crippen LogP) is 2.94. The molecule has 0 saturated heterocycles. The Morgan fingerprint density at radius 1 is 1.53 bits per heavy atom. The molecule has 1 heterocycles. The number of carbonyl (C=O) groups is 1. The number of hydrogen-bond donors (Lipinski definition) is 0. The molecule has 1 saturated carbocycles. The zero-order chi connectivity index (χ0) is 12.4. The molecule has 0 amide bonds. The van der Waals surface area contributed by atoms with Gasteiger partial charge in [-0.05, 0) is 31.6 Å². The molecule has 0 spiro atoms. The Kier molecular flexibility index (Phi) is 3.87. The monoisotopic (exact) mass is 254 g/mol. The zero-order valence-electron chi connectivity index (χ0n) is 10.5. The van der Waals surface area contributed by atoms with E-state index in [4.69, 9.17) is 11.6 Å². The Morgan fingerprint density at radius 3 is 2.88 bits per heavy atom. The smallest absolute Gasteiger partial charge is 0.133 e. The lowest BCUT2D eigenvalue weighted by molar-refractivity contribution is -0.121. The average Bonchev–Trinajstić information content (AvgIpc) is 2.56. The van der Waals surface area contributed by atoms with Gasteiger partial charge >= 0.3 is 0 Å². The molecule has 4 heteroatoms. The van der Waals surface area contributed by atoms with E-state index < -0.39 is 0 Å². The quantitative estimate of drug-likeness (QED) is 0.831. The SMILES string of the molecule is CCc1nn(C)c(CC2CCCC(=O)C2)c1Cl. The normalized spacial score (nSPS) is 20.9. The number of aryl methyl sites for hydroxylation is 2. The summed E-state index contributed by atoms with van der Waals surface area (Å²) >= 11 is 6.32. The molecule has 1 aromatic heterocycles. The van der Waals surface area contributed by atoms with Crippen LogP contribution in [0.4, 0.5) is 0 Å². The number of nitrogens with zero attached hydrogens (tertiary/aromatic N) is 2. The summed E-state index contributed by atoms with van der Waals surface area (Å²) in [6, 6.07) is 0. The van der Waals surface area contributed by atoms with Gasteiger partial charge in [-0.2, -0.15) is 5.10 Å². The molecule has 1 aromatic rings. The van der Waals surface area contributed by atoms with Crippen LogP contribution in [0.3, 0.4) is 0 Å². The van der Waals surface area contributed by atoms with Crippen LogP contribution in [0, 0.1) is 5.92 Å². The van der Waals surface area contributed by atoms with Crippen molar-refractivity contribution < 1.29 is 4.79 Å². The standard InChI is InChI=1S/C13H19ClN2O/c1-3-11-13(14)12(16(2)15-11)8-9-5-4-6-10(17)7-9/h9H,3-8H2,1-2H3. The van der Waals surface area contributed by atoms with Crippen LogP contribution in [0.1, 0.15) is 44.0 Å². The summed E-state index contributed by atoms with van der Waals surface area (Å²) in [6.07, 6.45) is 5.37. The van der Waals surface area contributed by atoms with Gasteiger partial charge in [-0.25, -0.2) is 0 Å². The van der Waals surface area contributed by atoms with Crippen molar-refractivity contribution in [3.8, 4) is 0 Å². The first-order valence-electron chi connectivity index (χ1n) is 6.33. The van der Waals surface area contributed by atoms with E-state index in [2.05, 4.69) is 12.0 Å². The average molecular weight is 255 g/mol. The van der Waals surface area contributed by atoms with E-state index in [1.165, 1.54) is 0 Å². The molecule has 3 nitrogen and oxygen atoms in total. The maximum absolute atomic E-state index is 11.4. The van der Waals surface area contributed by atoms with Crippen molar-refractivity contribution in [3.05, 3.63) is 16.4 Å². The van der Waals surface area contributed by atoms with E-state index >= 15 is 0 Å². The number of hydrogen-bond acceptors (Lipinski definition) is 2. The molecular formula is C13H19ClN2O. The van der Waals surface area contributed by atoms with Crippen molar-refractivity contribution in [1.82, 2.24) is 9.78 Å². The molecule has 1 fully saturated rings. The fourth-order valence-corrected chi connectivity index (χ4v) is 2.97. The molecule has 0 N–H and O–H groups in total. The van der Waals surface area contributed by atoms with Gasteiger partial charge in [0.1, 0.15) is 5.78 Å². The second kappa shape index (κ2) is 5.21. The fraction of sp³-hybridized carbons (Fsp3) is 0.692. The molecule has 0 aliphatic heterocycles. The van der Waals surface area contributed by atoms with Crippen LogP contribution < -0.4 is 0 Å². The first kappa shape index (κ1) is 12.6.